The molecule has 0 bridgehead atoms. The molecule has 2 amide bonds. The lowest BCUT2D eigenvalue weighted by Gasteiger charge is -2.14. The average Bonchev–Trinajstić information content (AvgIpc) is 2.58. The highest BCUT2D eigenvalue weighted by Gasteiger charge is 2.19. The number of rotatable bonds is 6. The highest BCUT2D eigenvalue weighted by Crippen LogP contribution is 1.92. The molecule has 116 valence electrons. The summed E-state index contributed by atoms with van der Waals surface area (Å²) >= 11 is 0. The van der Waals surface area contributed by atoms with Crippen molar-refractivity contribution in [2.75, 3.05) is 13.2 Å². The fourth-order valence-electron chi connectivity index (χ4n) is 1.48. The van der Waals surface area contributed by atoms with Gasteiger partial charge in [-0.25, -0.2) is 0 Å². The number of hydrazone groups is 2. The number of nitrogens with one attached hydrogen (secondary N) is 4. The number of aliphatic hydroxyl groups excluding tert-OH is 1. The van der Waals surface area contributed by atoms with Crippen LogP contribution in [0.3, 0.4) is 0 Å². The predicted molar refractivity (Wildman–Crippen MR) is 77.3 cm³/mol. The van der Waals surface area contributed by atoms with Crippen molar-refractivity contribution in [2.24, 2.45) is 10.2 Å². The smallest absolute Gasteiger partial charge is 0.290 e. The van der Waals surface area contributed by atoms with Crippen LogP contribution in [0.15, 0.2) is 34.6 Å². The van der Waals surface area contributed by atoms with Crippen LogP contribution in [0.2, 0.25) is 0 Å². The first-order valence-corrected chi connectivity index (χ1v) is 6.45. The van der Waals surface area contributed by atoms with E-state index in [1.54, 1.807) is 18.3 Å². The Bertz CT molecular complexity index is 600. The number of nitrogens with zero attached hydrogens (tertiary/aromatic N) is 3. The van der Waals surface area contributed by atoms with Crippen LogP contribution in [0.4, 0.5) is 0 Å². The van der Waals surface area contributed by atoms with Gasteiger partial charge in [-0.3, -0.25) is 25.4 Å². The van der Waals surface area contributed by atoms with Crippen LogP contribution < -0.4 is 21.5 Å². The van der Waals surface area contributed by atoms with Gasteiger partial charge in [-0.05, 0) is 12.1 Å². The molecule has 1 aliphatic rings. The Hall–Kier alpha value is -3.01. The van der Waals surface area contributed by atoms with Crippen LogP contribution in [0.25, 0.3) is 0 Å². The van der Waals surface area contributed by atoms with Crippen LogP contribution in [0.5, 0.6) is 0 Å². The molecule has 2 rings (SSSR count). The molecule has 0 aromatic carbocycles. The summed E-state index contributed by atoms with van der Waals surface area (Å²) in [7, 11) is 0. The van der Waals surface area contributed by atoms with E-state index in [9.17, 15) is 9.59 Å². The predicted octanol–water partition coefficient (Wildman–Crippen LogP) is -2.37. The van der Waals surface area contributed by atoms with E-state index in [2.05, 4.69) is 36.7 Å². The molecule has 0 unspecified atom stereocenters. The quantitative estimate of drug-likeness (QED) is 0.398. The maximum absolute atomic E-state index is 11.8. The second-order valence-corrected chi connectivity index (χ2v) is 4.13. The molecule has 0 spiro atoms. The van der Waals surface area contributed by atoms with Gasteiger partial charge in [0.15, 0.2) is 0 Å². The van der Waals surface area contributed by atoms with Gasteiger partial charge < -0.3 is 15.7 Å². The molecule has 2 heterocycles. The van der Waals surface area contributed by atoms with Gasteiger partial charge in [0, 0.05) is 12.7 Å². The van der Waals surface area contributed by atoms with Crippen LogP contribution in [-0.2, 0) is 16.1 Å². The second-order valence-electron chi connectivity index (χ2n) is 4.13. The fourth-order valence-corrected chi connectivity index (χ4v) is 1.48. The summed E-state index contributed by atoms with van der Waals surface area (Å²) in [4.78, 5) is 27.4. The molecule has 0 saturated heterocycles. The molecule has 0 fully saturated rings. The molecule has 1 aromatic heterocycles. The lowest BCUT2D eigenvalue weighted by atomic mass is 10.3. The van der Waals surface area contributed by atoms with E-state index < -0.39 is 11.8 Å². The Kier molecular flexibility index (Phi) is 5.37. The minimum Gasteiger partial charge on any atom is -0.395 e. The van der Waals surface area contributed by atoms with Crippen molar-refractivity contribution in [1.82, 2.24) is 26.5 Å². The van der Waals surface area contributed by atoms with Gasteiger partial charge in [-0.15, -0.1) is 10.2 Å². The average molecular weight is 305 g/mol. The third kappa shape index (κ3) is 4.24. The molecule has 0 radical (unpaired) electrons. The van der Waals surface area contributed by atoms with Gasteiger partial charge in [-0.2, -0.15) is 0 Å². The number of hydrogen-bond acceptors (Lipinski definition) is 8. The largest absolute Gasteiger partial charge is 0.395 e. The number of pyridine rings is 1. The summed E-state index contributed by atoms with van der Waals surface area (Å²) in [5.74, 6) is -1.21. The molecule has 0 aliphatic carbocycles. The van der Waals surface area contributed by atoms with E-state index in [0.29, 0.717) is 5.69 Å². The van der Waals surface area contributed by atoms with Crippen molar-refractivity contribution in [3.05, 3.63) is 30.1 Å². The minimum absolute atomic E-state index is 0.0744. The normalized spacial score (nSPS) is 13.1. The molecule has 10 heteroatoms. The van der Waals surface area contributed by atoms with Gasteiger partial charge in [0.05, 0.1) is 18.8 Å². The highest BCUT2D eigenvalue weighted by atomic mass is 16.3. The van der Waals surface area contributed by atoms with Crippen molar-refractivity contribution in [3.8, 4) is 0 Å². The van der Waals surface area contributed by atoms with Gasteiger partial charge in [-0.1, -0.05) is 6.07 Å². The molecule has 1 aromatic rings. The van der Waals surface area contributed by atoms with Crippen molar-refractivity contribution >= 4 is 23.5 Å². The van der Waals surface area contributed by atoms with Crippen LogP contribution in [0, 0.1) is 0 Å². The highest BCUT2D eigenvalue weighted by molar-refractivity contribution is 6.42. The molecular weight excluding hydrogens is 290 g/mol. The third-order valence-electron chi connectivity index (χ3n) is 2.53. The lowest BCUT2D eigenvalue weighted by Crippen LogP contribution is -2.48. The van der Waals surface area contributed by atoms with Gasteiger partial charge in [0.1, 0.15) is 0 Å². The third-order valence-corrected chi connectivity index (χ3v) is 2.53. The van der Waals surface area contributed by atoms with Gasteiger partial charge >= 0.3 is 0 Å². The van der Waals surface area contributed by atoms with Crippen LogP contribution in [-0.4, -0.2) is 46.7 Å². The fraction of sp³-hybridized carbons (Fsp3) is 0.250. The number of amides is 2. The molecule has 5 N–H and O–H groups in total. The van der Waals surface area contributed by atoms with Crippen LogP contribution >= 0.6 is 0 Å². The van der Waals surface area contributed by atoms with E-state index in [0.717, 1.165) is 0 Å². The summed E-state index contributed by atoms with van der Waals surface area (Å²) in [5.41, 5.74) is 5.45. The number of hydrogen-bond donors (Lipinski definition) is 5. The van der Waals surface area contributed by atoms with E-state index in [-0.39, 0.29) is 31.4 Å². The summed E-state index contributed by atoms with van der Waals surface area (Å²) in [6.07, 6.45) is 1.63. The van der Waals surface area contributed by atoms with E-state index in [4.69, 9.17) is 5.11 Å². The Morgan fingerprint density at radius 3 is 2.32 bits per heavy atom. The Balaban J connectivity index is 1.81. The van der Waals surface area contributed by atoms with Crippen molar-refractivity contribution < 1.29 is 14.7 Å². The summed E-state index contributed by atoms with van der Waals surface area (Å²) in [6, 6.07) is 5.37. The Labute approximate surface area is 125 Å². The minimum atomic E-state index is -0.543. The topological polar surface area (TPSA) is 140 Å². The molecule has 22 heavy (non-hydrogen) atoms. The molecule has 1 aliphatic heterocycles. The van der Waals surface area contributed by atoms with Gasteiger partial charge in [0.25, 0.3) is 11.8 Å². The molecule has 0 atom stereocenters. The number of amidine groups is 2. The SMILES string of the molecule is O=C(NCCO)C1=NNC(C(=O)NCc2ccccn2)=NN1. The Morgan fingerprint density at radius 1 is 1.09 bits per heavy atom. The zero-order valence-corrected chi connectivity index (χ0v) is 11.5. The first-order valence-electron chi connectivity index (χ1n) is 6.45. The molecule has 0 saturated carbocycles. The van der Waals surface area contributed by atoms with E-state index in [1.165, 1.54) is 0 Å². The van der Waals surface area contributed by atoms with E-state index >= 15 is 0 Å². The standard InChI is InChI=1S/C12H15N7O3/c20-6-5-14-11(21)9-16-18-10(19-17-9)12(22)15-7-8-3-1-2-4-13-8/h1-4,20H,5-7H2,(H,14,21)(H,15,22)(H,16,17)(H,18,19). The molecule has 10 nitrogen and oxygen atoms in total. The van der Waals surface area contributed by atoms with E-state index in [1.807, 2.05) is 6.07 Å². The van der Waals surface area contributed by atoms with Crippen molar-refractivity contribution in [2.45, 2.75) is 6.54 Å². The second kappa shape index (κ2) is 7.69. The number of aromatic nitrogens is 1. The van der Waals surface area contributed by atoms with Crippen molar-refractivity contribution in [3.63, 3.8) is 0 Å². The zero-order chi connectivity index (χ0) is 15.8. The lowest BCUT2D eigenvalue weighted by molar-refractivity contribution is -0.116. The summed E-state index contributed by atoms with van der Waals surface area (Å²) in [5, 5.41) is 21.0. The maximum atomic E-state index is 11.8. The summed E-state index contributed by atoms with van der Waals surface area (Å²) in [6.45, 7) is 0.158. The first-order chi connectivity index (χ1) is 10.7. The number of carbonyl (C=O) groups is 2. The van der Waals surface area contributed by atoms with Crippen molar-refractivity contribution in [1.29, 1.82) is 0 Å². The monoisotopic (exact) mass is 305 g/mol. The zero-order valence-electron chi connectivity index (χ0n) is 11.5. The maximum Gasteiger partial charge on any atom is 0.290 e. The first kappa shape index (κ1) is 15.4. The number of carbonyl (C=O) groups excluding carboxylic acids is 2. The summed E-state index contributed by atoms with van der Waals surface area (Å²) < 4.78 is 0. The van der Waals surface area contributed by atoms with Gasteiger partial charge in [0.2, 0.25) is 11.7 Å². The Morgan fingerprint density at radius 2 is 1.77 bits per heavy atom. The number of aliphatic hydroxyl groups is 1. The van der Waals surface area contributed by atoms with Crippen LogP contribution in [0.1, 0.15) is 5.69 Å². The molecular formula is C12H15N7O3.